The summed E-state index contributed by atoms with van der Waals surface area (Å²) in [6.07, 6.45) is 5.59. The molecular weight excluding hydrogens is 458 g/mol. The maximum atomic E-state index is 13.6. The first-order valence-electron chi connectivity index (χ1n) is 12.1. The van der Waals surface area contributed by atoms with E-state index in [9.17, 15) is 14.4 Å². The number of nitrogens with one attached hydrogen (secondary N) is 2. The summed E-state index contributed by atoms with van der Waals surface area (Å²) in [5.41, 5.74) is 3.44. The van der Waals surface area contributed by atoms with Crippen molar-refractivity contribution in [2.45, 2.75) is 26.2 Å². The maximum absolute atomic E-state index is 13.6. The van der Waals surface area contributed by atoms with Crippen LogP contribution in [0.2, 0.25) is 0 Å². The molecule has 9 heteroatoms. The Labute approximate surface area is 209 Å². The number of likely N-dealkylation sites (tertiary alicyclic amines) is 1. The fourth-order valence-electron chi connectivity index (χ4n) is 5.24. The van der Waals surface area contributed by atoms with Crippen molar-refractivity contribution < 1.29 is 19.1 Å². The number of H-pyrrole nitrogens is 1. The smallest absolute Gasteiger partial charge is 0.253 e. The molecule has 2 aliphatic heterocycles. The van der Waals surface area contributed by atoms with Crippen LogP contribution in [0.3, 0.4) is 0 Å². The molecule has 0 saturated carbocycles. The second-order valence-corrected chi connectivity index (χ2v) is 9.41. The second-order valence-electron chi connectivity index (χ2n) is 9.41. The van der Waals surface area contributed by atoms with Gasteiger partial charge in [0.1, 0.15) is 5.75 Å². The van der Waals surface area contributed by atoms with E-state index in [0.29, 0.717) is 49.5 Å². The third-order valence-electron chi connectivity index (χ3n) is 7.28. The van der Waals surface area contributed by atoms with Crippen molar-refractivity contribution in [2.24, 2.45) is 5.41 Å². The van der Waals surface area contributed by atoms with E-state index in [1.165, 1.54) is 6.92 Å². The number of benzene rings is 2. The Morgan fingerprint density at radius 3 is 2.42 bits per heavy atom. The molecule has 2 N–H and O–H groups in total. The van der Waals surface area contributed by atoms with E-state index in [4.69, 9.17) is 4.74 Å². The lowest BCUT2D eigenvalue weighted by molar-refractivity contribution is -0.127. The van der Waals surface area contributed by atoms with Crippen LogP contribution in [0.5, 0.6) is 5.75 Å². The molecule has 2 saturated heterocycles. The summed E-state index contributed by atoms with van der Waals surface area (Å²) in [6, 6.07) is 12.7. The van der Waals surface area contributed by atoms with E-state index in [1.807, 2.05) is 28.0 Å². The molecule has 3 heterocycles. The topological polar surface area (TPSA) is 108 Å². The first-order chi connectivity index (χ1) is 17.4. The maximum Gasteiger partial charge on any atom is 0.253 e. The quantitative estimate of drug-likeness (QED) is 0.571. The summed E-state index contributed by atoms with van der Waals surface area (Å²) in [4.78, 5) is 41.5. The monoisotopic (exact) mass is 487 g/mol. The minimum atomic E-state index is -0.442. The number of amides is 3. The molecule has 9 nitrogen and oxygen atoms in total. The van der Waals surface area contributed by atoms with Crippen LogP contribution < -0.4 is 15.0 Å². The van der Waals surface area contributed by atoms with Crippen molar-refractivity contribution in [3.8, 4) is 16.9 Å². The first-order valence-corrected chi connectivity index (χ1v) is 12.1. The summed E-state index contributed by atoms with van der Waals surface area (Å²) < 4.78 is 5.61. The van der Waals surface area contributed by atoms with Gasteiger partial charge in [-0.05, 0) is 55.7 Å². The van der Waals surface area contributed by atoms with Gasteiger partial charge < -0.3 is 19.9 Å². The molecule has 186 valence electrons. The number of nitrogens with zero attached hydrogens (tertiary/aromatic N) is 3. The zero-order valence-corrected chi connectivity index (χ0v) is 20.4. The molecule has 3 amide bonds. The highest BCUT2D eigenvalue weighted by molar-refractivity contribution is 6.01. The molecule has 36 heavy (non-hydrogen) atoms. The molecule has 0 unspecified atom stereocenters. The van der Waals surface area contributed by atoms with Crippen LogP contribution in [0.4, 0.5) is 11.4 Å². The molecule has 2 aliphatic rings. The van der Waals surface area contributed by atoms with Gasteiger partial charge >= 0.3 is 0 Å². The average Bonchev–Trinajstić information content (AvgIpc) is 3.53. The van der Waals surface area contributed by atoms with Crippen molar-refractivity contribution >= 4 is 29.1 Å². The zero-order valence-electron chi connectivity index (χ0n) is 20.4. The van der Waals surface area contributed by atoms with Crippen LogP contribution in [-0.2, 0) is 9.59 Å². The largest absolute Gasteiger partial charge is 0.496 e. The summed E-state index contributed by atoms with van der Waals surface area (Å²) in [5.74, 6) is 0.596. The van der Waals surface area contributed by atoms with Gasteiger partial charge in [0.05, 0.1) is 18.7 Å². The highest BCUT2D eigenvalue weighted by Gasteiger charge is 2.49. The van der Waals surface area contributed by atoms with Crippen LogP contribution in [-0.4, -0.2) is 59.6 Å². The molecule has 1 spiro atoms. The van der Waals surface area contributed by atoms with E-state index in [0.717, 1.165) is 23.2 Å². The Morgan fingerprint density at radius 2 is 1.78 bits per heavy atom. The molecule has 0 aliphatic carbocycles. The first kappa shape index (κ1) is 23.6. The van der Waals surface area contributed by atoms with Gasteiger partial charge in [0.25, 0.3) is 5.91 Å². The van der Waals surface area contributed by atoms with Crippen molar-refractivity contribution in [3.05, 3.63) is 60.4 Å². The van der Waals surface area contributed by atoms with E-state index >= 15 is 0 Å². The van der Waals surface area contributed by atoms with Crippen molar-refractivity contribution in [1.82, 2.24) is 15.1 Å². The van der Waals surface area contributed by atoms with E-state index < -0.39 is 5.41 Å². The lowest BCUT2D eigenvalue weighted by atomic mass is 9.77. The minimum Gasteiger partial charge on any atom is -0.496 e. The fourth-order valence-corrected chi connectivity index (χ4v) is 5.24. The third-order valence-corrected chi connectivity index (χ3v) is 7.28. The molecule has 0 radical (unpaired) electrons. The Bertz CT molecular complexity index is 1280. The number of methoxy groups -OCH3 is 1. The number of piperidine rings is 1. The number of carbonyl (C=O) groups excluding carboxylic acids is 3. The average molecular weight is 488 g/mol. The Morgan fingerprint density at radius 1 is 1.06 bits per heavy atom. The van der Waals surface area contributed by atoms with Gasteiger partial charge in [0, 0.05) is 66.9 Å². The fraction of sp³-hybridized carbons (Fsp3) is 0.333. The van der Waals surface area contributed by atoms with Gasteiger partial charge in [0.2, 0.25) is 11.8 Å². The number of aromatic amines is 1. The second kappa shape index (κ2) is 9.49. The summed E-state index contributed by atoms with van der Waals surface area (Å²) in [6.45, 7) is 3.16. The van der Waals surface area contributed by atoms with Gasteiger partial charge in [-0.25, -0.2) is 0 Å². The molecule has 2 aromatic carbocycles. The van der Waals surface area contributed by atoms with Crippen LogP contribution in [0, 0.1) is 5.41 Å². The highest BCUT2D eigenvalue weighted by Crippen LogP contribution is 2.44. The SMILES string of the molecule is COc1cc(N2CCC3(CCN(C(=O)c4ccc(NC(C)=O)cc4)CC3)C2=O)ccc1-c1cn[nH]c1. The van der Waals surface area contributed by atoms with Crippen LogP contribution in [0.25, 0.3) is 11.1 Å². The standard InChI is InChI=1S/C27H29N5O4/c1-18(33)30-21-5-3-19(4-6-21)25(34)31-12-9-27(10-13-31)11-14-32(26(27)35)22-7-8-23(24(15-22)36-2)20-16-28-29-17-20/h3-8,15-17H,9-14H2,1-2H3,(H,28,29)(H,30,33). The molecule has 0 atom stereocenters. The molecule has 0 bridgehead atoms. The minimum absolute atomic E-state index is 0.0545. The van der Waals surface area contributed by atoms with Gasteiger partial charge in [0.15, 0.2) is 0 Å². The lowest BCUT2D eigenvalue weighted by Gasteiger charge is -2.38. The third kappa shape index (κ3) is 4.32. The number of carbonyl (C=O) groups is 3. The number of hydrogen-bond acceptors (Lipinski definition) is 5. The lowest BCUT2D eigenvalue weighted by Crippen LogP contribution is -2.46. The summed E-state index contributed by atoms with van der Waals surface area (Å²) >= 11 is 0. The van der Waals surface area contributed by atoms with Crippen LogP contribution in [0.15, 0.2) is 54.9 Å². The van der Waals surface area contributed by atoms with Gasteiger partial charge in [-0.2, -0.15) is 5.10 Å². The number of anilines is 2. The molecule has 3 aromatic rings. The van der Waals surface area contributed by atoms with Gasteiger partial charge in [-0.1, -0.05) is 0 Å². The number of ether oxygens (including phenoxy) is 1. The van der Waals surface area contributed by atoms with E-state index in [2.05, 4.69) is 15.5 Å². The van der Waals surface area contributed by atoms with Gasteiger partial charge in [-0.15, -0.1) is 0 Å². The highest BCUT2D eigenvalue weighted by atomic mass is 16.5. The van der Waals surface area contributed by atoms with E-state index in [1.54, 1.807) is 43.8 Å². The van der Waals surface area contributed by atoms with Crippen molar-refractivity contribution in [1.29, 1.82) is 0 Å². The summed E-state index contributed by atoms with van der Waals surface area (Å²) in [7, 11) is 1.62. The summed E-state index contributed by atoms with van der Waals surface area (Å²) in [5, 5.41) is 9.52. The van der Waals surface area contributed by atoms with Crippen molar-refractivity contribution in [2.75, 3.05) is 37.0 Å². The van der Waals surface area contributed by atoms with Crippen LogP contribution in [0.1, 0.15) is 36.5 Å². The Hall–Kier alpha value is -4.14. The Kier molecular flexibility index (Phi) is 6.22. The number of rotatable bonds is 5. The molecule has 1 aromatic heterocycles. The predicted octanol–water partition coefficient (Wildman–Crippen LogP) is 3.70. The normalized spacial score (nSPS) is 16.9. The number of aromatic nitrogens is 2. The van der Waals surface area contributed by atoms with Crippen molar-refractivity contribution in [3.63, 3.8) is 0 Å². The molecular formula is C27H29N5O4. The molecule has 2 fully saturated rings. The predicted molar refractivity (Wildman–Crippen MR) is 136 cm³/mol. The van der Waals surface area contributed by atoms with Gasteiger partial charge in [-0.3, -0.25) is 19.5 Å². The zero-order chi connectivity index (χ0) is 25.3. The number of hydrogen-bond donors (Lipinski definition) is 2. The van der Waals surface area contributed by atoms with E-state index in [-0.39, 0.29) is 17.7 Å². The Balaban J connectivity index is 1.25. The molecule has 5 rings (SSSR count). The van der Waals surface area contributed by atoms with Crippen LogP contribution >= 0.6 is 0 Å².